The van der Waals surface area contributed by atoms with E-state index < -0.39 is 17.7 Å². The van der Waals surface area contributed by atoms with Gasteiger partial charge in [-0.1, -0.05) is 6.07 Å². The van der Waals surface area contributed by atoms with Crippen LogP contribution in [0.2, 0.25) is 0 Å². The van der Waals surface area contributed by atoms with Gasteiger partial charge in [0, 0.05) is 11.6 Å². The summed E-state index contributed by atoms with van der Waals surface area (Å²) in [5, 5.41) is 0. The smallest absolute Gasteiger partial charge is 0.131 e. The molecule has 6 heteroatoms. The summed E-state index contributed by atoms with van der Waals surface area (Å²) in [6.45, 7) is 1.27. The van der Waals surface area contributed by atoms with Crippen LogP contribution in [0.5, 0.6) is 0 Å². The number of benzene rings is 1. The molecule has 0 saturated carbocycles. The molecule has 0 aliphatic carbocycles. The molecule has 1 aliphatic rings. The van der Waals surface area contributed by atoms with Crippen molar-refractivity contribution in [2.75, 3.05) is 19.8 Å². The average Bonchev–Trinajstić information content (AvgIpc) is 2.34. The normalized spacial score (nSPS) is 22.4. The molecule has 0 spiro atoms. The number of ether oxygens (including phenoxy) is 2. The minimum Gasteiger partial charge on any atom is -0.376 e. The van der Waals surface area contributed by atoms with Gasteiger partial charge in [0.1, 0.15) is 17.7 Å². The summed E-state index contributed by atoms with van der Waals surface area (Å²) in [6.07, 6.45) is -0.381. The van der Waals surface area contributed by atoms with Crippen molar-refractivity contribution in [3.63, 3.8) is 0 Å². The molecule has 17 heavy (non-hydrogen) atoms. The molecule has 3 N–H and O–H groups in total. The quantitative estimate of drug-likeness (QED) is 0.612. The Bertz CT molecular complexity index is 384. The molecule has 1 aromatic rings. The molecule has 1 aliphatic heterocycles. The van der Waals surface area contributed by atoms with Crippen LogP contribution in [0.4, 0.5) is 8.78 Å². The molecular weight excluding hydrogens is 230 g/mol. The third kappa shape index (κ3) is 2.78. The highest BCUT2D eigenvalue weighted by Gasteiger charge is 2.27. The Hall–Kier alpha value is -1.08. The number of hydrogen-bond donors (Lipinski definition) is 2. The highest BCUT2D eigenvalue weighted by molar-refractivity contribution is 5.23. The summed E-state index contributed by atoms with van der Waals surface area (Å²) in [5.41, 5.74) is 2.75. The largest absolute Gasteiger partial charge is 0.376 e. The minimum absolute atomic E-state index is 0.268. The fraction of sp³-hybridized carbons (Fsp3) is 0.455. The van der Waals surface area contributed by atoms with E-state index in [0.717, 1.165) is 6.07 Å². The monoisotopic (exact) mass is 244 g/mol. The van der Waals surface area contributed by atoms with E-state index in [-0.39, 0.29) is 11.7 Å². The van der Waals surface area contributed by atoms with E-state index >= 15 is 0 Å². The molecule has 94 valence electrons. The third-order valence-electron chi connectivity index (χ3n) is 2.69. The van der Waals surface area contributed by atoms with Crippen LogP contribution in [0.25, 0.3) is 0 Å². The molecule has 2 atom stereocenters. The molecule has 0 aromatic heterocycles. The number of halogens is 2. The molecule has 0 bridgehead atoms. The van der Waals surface area contributed by atoms with Gasteiger partial charge in [0.25, 0.3) is 0 Å². The molecule has 0 radical (unpaired) electrons. The topological polar surface area (TPSA) is 56.5 Å². The zero-order valence-corrected chi connectivity index (χ0v) is 9.16. The summed E-state index contributed by atoms with van der Waals surface area (Å²) in [7, 11) is 0. The van der Waals surface area contributed by atoms with Crippen molar-refractivity contribution in [1.82, 2.24) is 5.43 Å². The number of hydrazine groups is 1. The van der Waals surface area contributed by atoms with Gasteiger partial charge in [0.2, 0.25) is 0 Å². The average molecular weight is 244 g/mol. The fourth-order valence-corrected chi connectivity index (χ4v) is 1.85. The number of nitrogens with one attached hydrogen (secondary N) is 1. The zero-order valence-electron chi connectivity index (χ0n) is 9.16. The van der Waals surface area contributed by atoms with Crippen LogP contribution < -0.4 is 11.3 Å². The lowest BCUT2D eigenvalue weighted by Gasteiger charge is -2.30. The lowest BCUT2D eigenvalue weighted by atomic mass is 10.0. The van der Waals surface area contributed by atoms with Crippen molar-refractivity contribution in [1.29, 1.82) is 0 Å². The van der Waals surface area contributed by atoms with Crippen molar-refractivity contribution in [2.45, 2.75) is 12.1 Å². The van der Waals surface area contributed by atoms with E-state index in [1.165, 1.54) is 12.1 Å². The first-order valence-electron chi connectivity index (χ1n) is 5.33. The first-order valence-corrected chi connectivity index (χ1v) is 5.33. The second-order valence-electron chi connectivity index (χ2n) is 3.79. The molecule has 4 nitrogen and oxygen atoms in total. The van der Waals surface area contributed by atoms with Crippen molar-refractivity contribution in [3.8, 4) is 0 Å². The molecule has 1 aromatic carbocycles. The van der Waals surface area contributed by atoms with Crippen LogP contribution in [-0.4, -0.2) is 25.9 Å². The Morgan fingerprint density at radius 2 is 2.18 bits per heavy atom. The number of rotatable bonds is 3. The highest BCUT2D eigenvalue weighted by atomic mass is 19.1. The molecular formula is C11H14F2N2O2. The first kappa shape index (κ1) is 12.4. The lowest BCUT2D eigenvalue weighted by Crippen LogP contribution is -2.43. The molecule has 1 heterocycles. The Kier molecular flexibility index (Phi) is 4.01. The maximum absolute atomic E-state index is 13.6. The van der Waals surface area contributed by atoms with Gasteiger partial charge in [-0.25, -0.2) is 8.78 Å². The van der Waals surface area contributed by atoms with Gasteiger partial charge in [0.15, 0.2) is 0 Å². The van der Waals surface area contributed by atoms with Crippen molar-refractivity contribution in [2.24, 2.45) is 5.84 Å². The number of hydrogen-bond acceptors (Lipinski definition) is 4. The number of nitrogens with two attached hydrogens (primary N) is 1. The van der Waals surface area contributed by atoms with Crippen LogP contribution in [0.3, 0.4) is 0 Å². The summed E-state index contributed by atoms with van der Waals surface area (Å²) >= 11 is 0. The predicted molar refractivity (Wildman–Crippen MR) is 57.0 cm³/mol. The molecule has 0 amide bonds. The maximum Gasteiger partial charge on any atom is 0.131 e. The van der Waals surface area contributed by atoms with Crippen LogP contribution in [0, 0.1) is 11.6 Å². The Morgan fingerprint density at radius 1 is 1.35 bits per heavy atom. The molecule has 2 unspecified atom stereocenters. The zero-order chi connectivity index (χ0) is 12.3. The summed E-state index contributed by atoms with van der Waals surface area (Å²) < 4.78 is 37.1. The van der Waals surface area contributed by atoms with Crippen LogP contribution in [0.15, 0.2) is 18.2 Å². The standard InChI is InChI=1S/C11H14F2N2O2/c12-7-1-2-8(9(13)5-7)11(15-14)10-6-16-3-4-17-10/h1-2,5,10-11,15H,3-4,6,14H2. The van der Waals surface area contributed by atoms with Gasteiger partial charge in [0.05, 0.1) is 25.9 Å². The van der Waals surface area contributed by atoms with E-state index in [2.05, 4.69) is 5.43 Å². The van der Waals surface area contributed by atoms with Gasteiger partial charge >= 0.3 is 0 Å². The molecule has 1 saturated heterocycles. The minimum atomic E-state index is -0.651. The fourth-order valence-electron chi connectivity index (χ4n) is 1.85. The van der Waals surface area contributed by atoms with E-state index in [1.54, 1.807) is 0 Å². The molecule has 1 fully saturated rings. The van der Waals surface area contributed by atoms with Crippen molar-refractivity contribution < 1.29 is 18.3 Å². The Balaban J connectivity index is 2.21. The first-order chi connectivity index (χ1) is 8.22. The SMILES string of the molecule is NNC(c1ccc(F)cc1F)C1COCCO1. The van der Waals surface area contributed by atoms with Gasteiger partial charge in [-0.05, 0) is 6.07 Å². The second kappa shape index (κ2) is 5.50. The van der Waals surface area contributed by atoms with Gasteiger partial charge < -0.3 is 9.47 Å². The van der Waals surface area contributed by atoms with Gasteiger partial charge in [-0.2, -0.15) is 0 Å². The lowest BCUT2D eigenvalue weighted by molar-refractivity contribution is -0.103. The van der Waals surface area contributed by atoms with Crippen LogP contribution in [-0.2, 0) is 9.47 Å². The highest BCUT2D eigenvalue weighted by Crippen LogP contribution is 2.23. The third-order valence-corrected chi connectivity index (χ3v) is 2.69. The van der Waals surface area contributed by atoms with E-state index in [9.17, 15) is 8.78 Å². The van der Waals surface area contributed by atoms with Crippen molar-refractivity contribution >= 4 is 0 Å². The van der Waals surface area contributed by atoms with Crippen LogP contribution in [0.1, 0.15) is 11.6 Å². The van der Waals surface area contributed by atoms with Gasteiger partial charge in [-0.15, -0.1) is 0 Å². The maximum atomic E-state index is 13.6. The summed E-state index contributed by atoms with van der Waals surface area (Å²) in [6, 6.07) is 2.80. The van der Waals surface area contributed by atoms with E-state index in [1.807, 2.05) is 0 Å². The van der Waals surface area contributed by atoms with E-state index in [4.69, 9.17) is 15.3 Å². The van der Waals surface area contributed by atoms with Gasteiger partial charge in [-0.3, -0.25) is 11.3 Å². The predicted octanol–water partition coefficient (Wildman–Crippen LogP) is 0.885. The van der Waals surface area contributed by atoms with Crippen LogP contribution >= 0.6 is 0 Å². The van der Waals surface area contributed by atoms with E-state index in [0.29, 0.717) is 19.8 Å². The molecule has 2 rings (SSSR count). The summed E-state index contributed by atoms with van der Waals surface area (Å²) in [5.74, 6) is 4.12. The summed E-state index contributed by atoms with van der Waals surface area (Å²) in [4.78, 5) is 0. The van der Waals surface area contributed by atoms with Crippen molar-refractivity contribution in [3.05, 3.63) is 35.4 Å². The Morgan fingerprint density at radius 3 is 2.76 bits per heavy atom. The second-order valence-corrected chi connectivity index (χ2v) is 3.79. The Labute approximate surface area is 97.7 Å².